The Morgan fingerprint density at radius 3 is 1.33 bits per heavy atom. The third kappa shape index (κ3) is 4.04. The van der Waals surface area contributed by atoms with Crippen LogP contribution in [0.4, 0.5) is 13.2 Å². The second-order valence-electron chi connectivity index (χ2n) is 0.900. The van der Waals surface area contributed by atoms with E-state index in [-0.39, 0.29) is 25.8 Å². The summed E-state index contributed by atoms with van der Waals surface area (Å²) in [6.45, 7) is 0. The molecule has 0 aromatic carbocycles. The van der Waals surface area contributed by atoms with Crippen LogP contribution in [-0.4, -0.2) is 44.3 Å². The van der Waals surface area contributed by atoms with Gasteiger partial charge in [-0.25, -0.2) is 8.42 Å². The summed E-state index contributed by atoms with van der Waals surface area (Å²) in [5.74, 6) is 0. The molecule has 0 aliphatic heterocycles. The first kappa shape index (κ1) is 12.3. The molecule has 0 saturated carbocycles. The van der Waals surface area contributed by atoms with Gasteiger partial charge in [-0.05, 0) is 0 Å². The molecule has 0 saturated heterocycles. The van der Waals surface area contributed by atoms with E-state index in [9.17, 15) is 13.2 Å². The molecule has 0 aromatic rings. The van der Waals surface area contributed by atoms with Crippen molar-refractivity contribution in [3.63, 3.8) is 0 Å². The Hall–Kier alpha value is 0.570. The average molecular weight is 264 g/mol. The maximum atomic E-state index is 10.7. The van der Waals surface area contributed by atoms with Crippen molar-refractivity contribution in [1.29, 1.82) is 0 Å². The SMILES string of the molecule is O=S(=O)([O-])C(F)(F)F.[In+3]. The fourth-order valence-electron chi connectivity index (χ4n) is 0. The monoisotopic (exact) mass is 264 g/mol. The zero-order valence-electron chi connectivity index (χ0n) is 3.84. The second kappa shape index (κ2) is 3.11. The molecule has 9 heavy (non-hydrogen) atoms. The van der Waals surface area contributed by atoms with E-state index in [1.165, 1.54) is 0 Å². The Kier molecular flexibility index (Phi) is 4.24. The van der Waals surface area contributed by atoms with Crippen molar-refractivity contribution in [2.45, 2.75) is 5.51 Å². The van der Waals surface area contributed by atoms with Gasteiger partial charge in [0.15, 0.2) is 10.1 Å². The molecule has 0 atom stereocenters. The average Bonchev–Trinajstić information content (AvgIpc) is 1.25. The number of hydrogen-bond donors (Lipinski definition) is 0. The van der Waals surface area contributed by atoms with Gasteiger partial charge in [0.2, 0.25) is 0 Å². The Labute approximate surface area is 67.8 Å². The fourth-order valence-corrected chi connectivity index (χ4v) is 0. The third-order valence-electron chi connectivity index (χ3n) is 0.283. The van der Waals surface area contributed by atoms with E-state index < -0.39 is 15.6 Å². The van der Waals surface area contributed by atoms with Crippen LogP contribution in [0.1, 0.15) is 0 Å². The minimum Gasteiger partial charge on any atom is -0.741 e. The molecular weight excluding hydrogens is 264 g/mol. The van der Waals surface area contributed by atoms with Crippen molar-refractivity contribution >= 4 is 36.0 Å². The van der Waals surface area contributed by atoms with Crippen LogP contribution >= 0.6 is 0 Å². The molecule has 0 rings (SSSR count). The van der Waals surface area contributed by atoms with Crippen molar-refractivity contribution < 1.29 is 26.1 Å². The summed E-state index contributed by atoms with van der Waals surface area (Å²) >= 11 is 0. The molecule has 0 amide bonds. The van der Waals surface area contributed by atoms with Crippen LogP contribution in [0.3, 0.4) is 0 Å². The van der Waals surface area contributed by atoms with Gasteiger partial charge >= 0.3 is 31.4 Å². The van der Waals surface area contributed by atoms with E-state index in [0.29, 0.717) is 0 Å². The number of alkyl halides is 3. The molecule has 50 valence electrons. The first-order chi connectivity index (χ1) is 3.25. The summed E-state index contributed by atoms with van der Waals surface area (Å²) < 4.78 is 58.9. The van der Waals surface area contributed by atoms with Crippen LogP contribution in [0.25, 0.3) is 0 Å². The van der Waals surface area contributed by atoms with Gasteiger partial charge in [-0.3, -0.25) is 0 Å². The zero-order chi connectivity index (χ0) is 7.00. The minimum atomic E-state index is -6.09. The summed E-state index contributed by atoms with van der Waals surface area (Å²) in [7, 11) is -6.09. The van der Waals surface area contributed by atoms with Crippen molar-refractivity contribution in [3.8, 4) is 0 Å². The molecule has 3 nitrogen and oxygen atoms in total. The molecule has 0 radical (unpaired) electrons. The maximum Gasteiger partial charge on any atom is 3.00 e. The summed E-state index contributed by atoms with van der Waals surface area (Å²) in [6, 6.07) is 0. The normalized spacial score (nSPS) is 12.4. The van der Waals surface area contributed by atoms with Gasteiger partial charge in [-0.2, -0.15) is 13.2 Å². The van der Waals surface area contributed by atoms with Crippen LogP contribution in [0.5, 0.6) is 0 Å². The topological polar surface area (TPSA) is 57.2 Å². The van der Waals surface area contributed by atoms with Gasteiger partial charge in [0, 0.05) is 0 Å². The molecule has 0 N–H and O–H groups in total. The second-order valence-corrected chi connectivity index (χ2v) is 2.27. The van der Waals surface area contributed by atoms with Gasteiger partial charge in [0.05, 0.1) is 0 Å². The first-order valence-electron chi connectivity index (χ1n) is 1.27. The van der Waals surface area contributed by atoms with Crippen LogP contribution in [0, 0.1) is 0 Å². The third-order valence-corrected chi connectivity index (χ3v) is 0.850. The molecule has 8 heteroatoms. The molecule has 0 aliphatic carbocycles. The van der Waals surface area contributed by atoms with E-state index in [4.69, 9.17) is 13.0 Å². The number of hydrogen-bond acceptors (Lipinski definition) is 3. The van der Waals surface area contributed by atoms with Gasteiger partial charge in [0.1, 0.15) is 0 Å². The summed E-state index contributed by atoms with van der Waals surface area (Å²) in [5.41, 5.74) is -5.65. The van der Waals surface area contributed by atoms with Gasteiger partial charge < -0.3 is 4.55 Å². The first-order valence-corrected chi connectivity index (χ1v) is 2.68. The fraction of sp³-hybridized carbons (Fsp3) is 1.00. The van der Waals surface area contributed by atoms with Gasteiger partial charge in [0.25, 0.3) is 0 Å². The Bertz CT molecular complexity index is 168. The summed E-state index contributed by atoms with van der Waals surface area (Å²) in [4.78, 5) is 0. The largest absolute Gasteiger partial charge is 3.00 e. The van der Waals surface area contributed by atoms with Crippen molar-refractivity contribution in [3.05, 3.63) is 0 Å². The summed E-state index contributed by atoms with van der Waals surface area (Å²) in [6.07, 6.45) is 0. The minimum absolute atomic E-state index is 0. The van der Waals surface area contributed by atoms with Gasteiger partial charge in [-0.1, -0.05) is 0 Å². The van der Waals surface area contributed by atoms with Crippen LogP contribution < -0.4 is 0 Å². The predicted octanol–water partition coefficient (Wildman–Crippen LogP) is -0.329. The summed E-state index contributed by atoms with van der Waals surface area (Å²) in [5, 5.41) is 0. The molecule has 0 aromatic heterocycles. The van der Waals surface area contributed by atoms with E-state index in [0.717, 1.165) is 0 Å². The van der Waals surface area contributed by atoms with Crippen molar-refractivity contribution in [2.24, 2.45) is 0 Å². The molecule has 0 spiro atoms. The number of halogens is 3. The van der Waals surface area contributed by atoms with Crippen LogP contribution in [-0.2, 0) is 10.1 Å². The van der Waals surface area contributed by atoms with E-state index in [2.05, 4.69) is 0 Å². The molecule has 0 bridgehead atoms. The number of rotatable bonds is 0. The Morgan fingerprint density at radius 1 is 1.22 bits per heavy atom. The van der Waals surface area contributed by atoms with E-state index in [1.807, 2.05) is 0 Å². The Balaban J connectivity index is 0. The van der Waals surface area contributed by atoms with Crippen LogP contribution in [0.15, 0.2) is 0 Å². The van der Waals surface area contributed by atoms with E-state index in [1.54, 1.807) is 0 Å². The van der Waals surface area contributed by atoms with Crippen molar-refractivity contribution in [1.82, 2.24) is 0 Å². The standard InChI is InChI=1S/CHF3O3S.In/c2-1(3,4)8(5,6)7;/h(H,5,6,7);/q;+3/p-1. The smallest absolute Gasteiger partial charge is 0.741 e. The zero-order valence-corrected chi connectivity index (χ0v) is 7.96. The molecule has 0 heterocycles. The van der Waals surface area contributed by atoms with Gasteiger partial charge in [-0.15, -0.1) is 0 Å². The van der Waals surface area contributed by atoms with E-state index >= 15 is 0 Å². The quantitative estimate of drug-likeness (QED) is 0.444. The predicted molar refractivity (Wildman–Crippen MR) is 21.5 cm³/mol. The molecule has 0 aliphatic rings. The van der Waals surface area contributed by atoms with Crippen LogP contribution in [0.2, 0.25) is 0 Å². The Morgan fingerprint density at radius 2 is 1.33 bits per heavy atom. The molecule has 0 unspecified atom stereocenters. The molecular formula is CF3InO3S+2. The molecule has 0 fully saturated rings. The van der Waals surface area contributed by atoms with Crippen molar-refractivity contribution in [2.75, 3.05) is 0 Å². The maximum absolute atomic E-state index is 10.7.